The SMILES string of the molecule is CC(C)[C@@H]1CC[C@@H](C)C[C@H]1[P@@]1[C@@H](C2O[C@H](C)[C@@H](C)O2)C(C)(C)C1(C)C. The summed E-state index contributed by atoms with van der Waals surface area (Å²) in [6.07, 6.45) is 4.73. The van der Waals surface area contributed by atoms with E-state index in [0.717, 1.165) is 23.4 Å². The van der Waals surface area contributed by atoms with E-state index in [1.807, 2.05) is 0 Å². The highest BCUT2D eigenvalue weighted by Gasteiger charge is 2.68. The zero-order valence-electron chi connectivity index (χ0n) is 18.0. The van der Waals surface area contributed by atoms with Gasteiger partial charge in [0.05, 0.1) is 12.2 Å². The number of rotatable bonds is 3. The third kappa shape index (κ3) is 3.13. The molecule has 2 saturated heterocycles. The van der Waals surface area contributed by atoms with Crippen LogP contribution in [0.15, 0.2) is 0 Å². The van der Waals surface area contributed by atoms with Gasteiger partial charge in [-0.15, -0.1) is 0 Å². The number of hydrogen-bond donors (Lipinski definition) is 0. The van der Waals surface area contributed by atoms with Gasteiger partial charge in [-0.1, -0.05) is 62.8 Å². The first-order valence-corrected chi connectivity index (χ1v) is 12.1. The van der Waals surface area contributed by atoms with Crippen LogP contribution in [0.5, 0.6) is 0 Å². The quantitative estimate of drug-likeness (QED) is 0.547. The molecule has 0 aromatic rings. The Morgan fingerprint density at radius 1 is 0.920 bits per heavy atom. The Labute approximate surface area is 157 Å². The summed E-state index contributed by atoms with van der Waals surface area (Å²) >= 11 is 0. The topological polar surface area (TPSA) is 18.5 Å². The minimum Gasteiger partial charge on any atom is -0.346 e. The fourth-order valence-corrected chi connectivity index (χ4v) is 11.2. The lowest BCUT2D eigenvalue weighted by atomic mass is 9.74. The zero-order valence-corrected chi connectivity index (χ0v) is 18.9. The number of ether oxygens (including phenoxy) is 2. The fourth-order valence-electron chi connectivity index (χ4n) is 5.71. The molecule has 25 heavy (non-hydrogen) atoms. The van der Waals surface area contributed by atoms with Gasteiger partial charge in [0.1, 0.15) is 0 Å². The van der Waals surface area contributed by atoms with E-state index in [-0.39, 0.29) is 31.8 Å². The van der Waals surface area contributed by atoms with Crippen LogP contribution in [-0.4, -0.2) is 35.0 Å². The van der Waals surface area contributed by atoms with Crippen molar-refractivity contribution in [3.05, 3.63) is 0 Å². The largest absolute Gasteiger partial charge is 0.346 e. The van der Waals surface area contributed by atoms with Gasteiger partial charge in [-0.05, 0) is 60.7 Å². The smallest absolute Gasteiger partial charge is 0.165 e. The minimum atomic E-state index is -0.108. The van der Waals surface area contributed by atoms with E-state index in [0.29, 0.717) is 10.8 Å². The van der Waals surface area contributed by atoms with Gasteiger partial charge in [-0.3, -0.25) is 0 Å². The molecule has 0 bridgehead atoms. The molecule has 1 saturated carbocycles. The summed E-state index contributed by atoms with van der Waals surface area (Å²) in [5.41, 5.74) is 1.75. The molecule has 0 N–H and O–H groups in total. The van der Waals surface area contributed by atoms with Crippen LogP contribution < -0.4 is 0 Å². The first kappa shape index (κ1) is 20.1. The molecule has 3 aliphatic rings. The van der Waals surface area contributed by atoms with E-state index in [2.05, 4.69) is 62.3 Å². The van der Waals surface area contributed by atoms with E-state index >= 15 is 0 Å². The lowest BCUT2D eigenvalue weighted by Gasteiger charge is -2.69. The summed E-state index contributed by atoms with van der Waals surface area (Å²) in [4.78, 5) is 0. The lowest BCUT2D eigenvalue weighted by molar-refractivity contribution is -0.0957. The summed E-state index contributed by atoms with van der Waals surface area (Å²) in [6.45, 7) is 21.7. The Bertz CT molecular complexity index is 476. The van der Waals surface area contributed by atoms with Crippen LogP contribution in [0.3, 0.4) is 0 Å². The highest BCUT2D eigenvalue weighted by atomic mass is 31.1. The molecular weight excluding hydrogens is 327 g/mol. The van der Waals surface area contributed by atoms with Crippen LogP contribution in [0, 0.1) is 23.2 Å². The second-order valence-corrected chi connectivity index (χ2v) is 13.7. The Kier molecular flexibility index (Phi) is 5.43. The van der Waals surface area contributed by atoms with Gasteiger partial charge >= 0.3 is 0 Å². The second kappa shape index (κ2) is 6.75. The molecule has 3 heteroatoms. The molecule has 3 fully saturated rings. The van der Waals surface area contributed by atoms with Gasteiger partial charge in [0.15, 0.2) is 6.29 Å². The molecule has 7 atom stereocenters. The van der Waals surface area contributed by atoms with Crippen molar-refractivity contribution in [1.29, 1.82) is 0 Å². The molecule has 2 heterocycles. The summed E-state index contributed by atoms with van der Waals surface area (Å²) < 4.78 is 12.7. The van der Waals surface area contributed by atoms with Gasteiger partial charge in [0.2, 0.25) is 0 Å². The van der Waals surface area contributed by atoms with E-state index in [4.69, 9.17) is 9.47 Å². The summed E-state index contributed by atoms with van der Waals surface area (Å²) in [5.74, 6) is 2.56. The molecule has 0 aromatic heterocycles. The third-order valence-electron chi connectivity index (χ3n) is 8.22. The second-order valence-electron chi connectivity index (χ2n) is 10.6. The third-order valence-corrected chi connectivity index (χ3v) is 12.9. The summed E-state index contributed by atoms with van der Waals surface area (Å²) in [7, 11) is -0.108. The van der Waals surface area contributed by atoms with Gasteiger partial charge in [0.25, 0.3) is 0 Å². The van der Waals surface area contributed by atoms with Crippen LogP contribution >= 0.6 is 7.92 Å². The number of hydrogen-bond acceptors (Lipinski definition) is 2. The molecule has 0 spiro atoms. The maximum absolute atomic E-state index is 6.34. The first-order valence-electron chi connectivity index (χ1n) is 10.6. The molecule has 0 aromatic carbocycles. The van der Waals surface area contributed by atoms with Crippen LogP contribution in [-0.2, 0) is 9.47 Å². The van der Waals surface area contributed by atoms with Gasteiger partial charge in [0, 0.05) is 5.66 Å². The summed E-state index contributed by atoms with van der Waals surface area (Å²) in [5, 5.41) is 0.406. The Morgan fingerprint density at radius 3 is 2.00 bits per heavy atom. The molecule has 3 rings (SSSR count). The molecule has 0 radical (unpaired) electrons. The predicted octanol–water partition coefficient (Wildman–Crippen LogP) is 6.27. The Hall–Kier alpha value is 0.350. The van der Waals surface area contributed by atoms with Crippen LogP contribution in [0.2, 0.25) is 0 Å². The van der Waals surface area contributed by atoms with Crippen molar-refractivity contribution in [2.24, 2.45) is 23.2 Å². The standard InChI is InChI=1S/C22H41O2P/c1-13(2)17-11-10-14(3)12-18(17)25-19(21(6,7)22(25,8)9)20-23-15(4)16(5)24-20/h13-20H,10-12H2,1-9H3/t14-,15-,16-,17+,18-,19+,25+/m1/s1. The maximum atomic E-state index is 6.34. The molecule has 0 amide bonds. The molecule has 146 valence electrons. The van der Waals surface area contributed by atoms with Crippen LogP contribution in [0.1, 0.15) is 81.6 Å². The van der Waals surface area contributed by atoms with Crippen LogP contribution in [0.4, 0.5) is 0 Å². The molecule has 0 unspecified atom stereocenters. The van der Waals surface area contributed by atoms with Gasteiger partial charge < -0.3 is 9.47 Å². The van der Waals surface area contributed by atoms with Crippen molar-refractivity contribution in [1.82, 2.24) is 0 Å². The van der Waals surface area contributed by atoms with Crippen molar-refractivity contribution in [3.63, 3.8) is 0 Å². The van der Waals surface area contributed by atoms with Crippen molar-refractivity contribution >= 4 is 7.92 Å². The van der Waals surface area contributed by atoms with Gasteiger partial charge in [-0.25, -0.2) is 0 Å². The van der Waals surface area contributed by atoms with Crippen molar-refractivity contribution in [2.45, 2.75) is 117 Å². The average Bonchev–Trinajstić information content (AvgIpc) is 2.82. The zero-order chi connectivity index (χ0) is 18.7. The summed E-state index contributed by atoms with van der Waals surface area (Å²) in [6, 6.07) is 0. The van der Waals surface area contributed by atoms with Crippen molar-refractivity contribution < 1.29 is 9.47 Å². The highest BCUT2D eigenvalue weighted by molar-refractivity contribution is 7.62. The maximum Gasteiger partial charge on any atom is 0.165 e. The first-order chi connectivity index (χ1) is 11.5. The normalized spacial score (nSPS) is 47.0. The van der Waals surface area contributed by atoms with Crippen molar-refractivity contribution in [2.75, 3.05) is 0 Å². The Balaban J connectivity index is 1.91. The van der Waals surface area contributed by atoms with Crippen LogP contribution in [0.25, 0.3) is 0 Å². The average molecular weight is 369 g/mol. The van der Waals surface area contributed by atoms with E-state index in [1.54, 1.807) is 0 Å². The monoisotopic (exact) mass is 368 g/mol. The fraction of sp³-hybridized carbons (Fsp3) is 1.00. The molecule has 2 aliphatic heterocycles. The molecule has 1 aliphatic carbocycles. The molecular formula is C22H41O2P. The van der Waals surface area contributed by atoms with E-state index in [9.17, 15) is 0 Å². The van der Waals surface area contributed by atoms with Crippen molar-refractivity contribution in [3.8, 4) is 0 Å². The van der Waals surface area contributed by atoms with E-state index in [1.165, 1.54) is 19.3 Å². The Morgan fingerprint density at radius 2 is 1.48 bits per heavy atom. The molecule has 2 nitrogen and oxygen atoms in total. The predicted molar refractivity (Wildman–Crippen MR) is 109 cm³/mol. The highest BCUT2D eigenvalue weighted by Crippen LogP contribution is 2.81. The lowest BCUT2D eigenvalue weighted by Crippen LogP contribution is -2.64. The van der Waals surface area contributed by atoms with E-state index < -0.39 is 0 Å². The van der Waals surface area contributed by atoms with Gasteiger partial charge in [-0.2, -0.15) is 0 Å². The minimum absolute atomic E-state index is 0.0178.